The molecule has 0 unspecified atom stereocenters. The van der Waals surface area contributed by atoms with Crippen LogP contribution in [-0.4, -0.2) is 0 Å². The maximum Gasteiger partial charge on any atom is 0.0266 e. The van der Waals surface area contributed by atoms with Gasteiger partial charge in [0.15, 0.2) is 0 Å². The zero-order chi connectivity index (χ0) is 13.3. The Morgan fingerprint density at radius 1 is 0.611 bits per heavy atom. The first-order chi connectivity index (χ1) is 8.45. The Balaban J connectivity index is 2.43. The molecule has 0 aliphatic rings. The largest absolute Gasteiger partial charge is 0.0563 e. The van der Waals surface area contributed by atoms with Gasteiger partial charge in [0, 0.05) is 6.62 Å². The lowest BCUT2D eigenvalue weighted by Gasteiger charge is -2.14. The molecule has 0 aromatic heterocycles. The third-order valence-electron chi connectivity index (χ3n) is 2.87. The Labute approximate surface area is 119 Å². The summed E-state index contributed by atoms with van der Waals surface area (Å²) < 4.78 is 0. The number of halogens is 1. The van der Waals surface area contributed by atoms with Crippen molar-refractivity contribution in [3.8, 4) is 0 Å². The highest BCUT2D eigenvalue weighted by Gasteiger charge is 2.11. The third kappa shape index (κ3) is 3.22. The monoisotopic (exact) mass is 320 g/mol. The van der Waals surface area contributed by atoms with Crippen molar-refractivity contribution in [2.75, 3.05) is 0 Å². The van der Waals surface area contributed by atoms with Crippen LogP contribution in [-0.2, 0) is 0 Å². The molecule has 94 valence electrons. The summed E-state index contributed by atoms with van der Waals surface area (Å²) in [7, 11) is 0. The molecule has 0 saturated carbocycles. The van der Waals surface area contributed by atoms with Crippen LogP contribution in [0.25, 0.3) is 0 Å². The lowest BCUT2D eigenvalue weighted by atomic mass is 10.2. The highest BCUT2D eigenvalue weighted by Crippen LogP contribution is 2.42. The molecule has 0 N–H and O–H groups in total. The Hall–Kier alpha value is -0.650. The van der Waals surface area contributed by atoms with Gasteiger partial charge >= 0.3 is 0 Å². The molecule has 0 saturated heterocycles. The van der Waals surface area contributed by atoms with Crippen LogP contribution in [0.5, 0.6) is 0 Å². The molecule has 0 heterocycles. The number of hydrogen-bond donors (Lipinski definition) is 0. The lowest BCUT2D eigenvalue weighted by Crippen LogP contribution is -2.10. The molecule has 0 nitrogen and oxygen atoms in total. The Morgan fingerprint density at radius 2 is 0.889 bits per heavy atom. The molecule has 2 aromatic rings. The van der Waals surface area contributed by atoms with Crippen LogP contribution in [0.3, 0.4) is 0 Å². The molecule has 0 radical (unpaired) electrons. The number of benzene rings is 2. The van der Waals surface area contributed by atoms with Gasteiger partial charge in [-0.05, 0) is 53.8 Å². The number of rotatable bonds is 2. The second-order valence-corrected chi connectivity index (χ2v) is 8.69. The van der Waals surface area contributed by atoms with Crippen molar-refractivity contribution >= 4 is 32.7 Å². The molecule has 0 spiro atoms. The molecular formula is C16H18BrP. The van der Waals surface area contributed by atoms with Crippen LogP contribution in [0.15, 0.2) is 36.4 Å². The average Bonchev–Trinajstić information content (AvgIpc) is 2.25. The molecule has 0 amide bonds. The first-order valence-corrected chi connectivity index (χ1v) is 9.44. The van der Waals surface area contributed by atoms with E-state index in [1.807, 2.05) is 0 Å². The van der Waals surface area contributed by atoms with Gasteiger partial charge in [-0.1, -0.05) is 58.7 Å². The summed E-state index contributed by atoms with van der Waals surface area (Å²) in [6.07, 6.45) is 0. The van der Waals surface area contributed by atoms with E-state index in [0.717, 1.165) is 0 Å². The van der Waals surface area contributed by atoms with Crippen molar-refractivity contribution in [2.45, 2.75) is 27.7 Å². The second kappa shape index (κ2) is 5.55. The van der Waals surface area contributed by atoms with Crippen molar-refractivity contribution in [3.63, 3.8) is 0 Å². The minimum Gasteiger partial charge on any atom is -0.0563 e. The van der Waals surface area contributed by atoms with Gasteiger partial charge in [-0.25, -0.2) is 0 Å². The normalized spacial score (nSPS) is 11.0. The van der Waals surface area contributed by atoms with E-state index in [2.05, 4.69) is 79.6 Å². The Bertz CT molecular complexity index is 483. The quantitative estimate of drug-likeness (QED) is 0.706. The van der Waals surface area contributed by atoms with Crippen LogP contribution < -0.4 is 10.6 Å². The van der Waals surface area contributed by atoms with E-state index in [1.165, 1.54) is 32.9 Å². The fourth-order valence-corrected chi connectivity index (χ4v) is 5.07. The van der Waals surface area contributed by atoms with Gasteiger partial charge in [0.1, 0.15) is 0 Å². The van der Waals surface area contributed by atoms with E-state index in [1.54, 1.807) is 0 Å². The minimum atomic E-state index is -0.423. The molecule has 0 fully saturated rings. The van der Waals surface area contributed by atoms with Crippen molar-refractivity contribution in [3.05, 3.63) is 58.7 Å². The predicted molar refractivity (Wildman–Crippen MR) is 86.9 cm³/mol. The number of hydrogen-bond acceptors (Lipinski definition) is 0. The third-order valence-corrected chi connectivity index (χ3v) is 6.75. The molecule has 0 atom stereocenters. The van der Waals surface area contributed by atoms with Crippen LogP contribution in [0.4, 0.5) is 0 Å². The van der Waals surface area contributed by atoms with Gasteiger partial charge in [0.2, 0.25) is 0 Å². The van der Waals surface area contributed by atoms with E-state index in [-0.39, 0.29) is 0 Å². The molecule has 18 heavy (non-hydrogen) atoms. The van der Waals surface area contributed by atoms with E-state index in [4.69, 9.17) is 0 Å². The molecular weight excluding hydrogens is 303 g/mol. The van der Waals surface area contributed by atoms with Gasteiger partial charge in [-0.15, -0.1) is 0 Å². The molecule has 0 aliphatic heterocycles. The summed E-state index contributed by atoms with van der Waals surface area (Å²) in [6.45, 7) is 8.22. The molecule has 0 bridgehead atoms. The number of aryl methyl sites for hydroxylation is 4. The maximum absolute atomic E-state index is 3.90. The van der Waals surface area contributed by atoms with Crippen LogP contribution >= 0.6 is 22.1 Å². The molecule has 2 rings (SSSR count). The molecule has 0 aliphatic carbocycles. The smallest absolute Gasteiger partial charge is 0.0266 e. The standard InChI is InChI=1S/C16H18BrP/c1-11-5-12(2)8-15(7-11)18(17)16-9-13(3)6-14(4)10-16/h5-10H,1-4H3. The van der Waals surface area contributed by atoms with Gasteiger partial charge in [0.05, 0.1) is 0 Å². The maximum atomic E-state index is 3.90. The Kier molecular flexibility index (Phi) is 4.25. The summed E-state index contributed by atoms with van der Waals surface area (Å²) >= 11 is 3.90. The van der Waals surface area contributed by atoms with Gasteiger partial charge in [-0.3, -0.25) is 0 Å². The van der Waals surface area contributed by atoms with Crippen molar-refractivity contribution in [2.24, 2.45) is 0 Å². The van der Waals surface area contributed by atoms with Gasteiger partial charge < -0.3 is 0 Å². The van der Waals surface area contributed by atoms with Crippen molar-refractivity contribution in [1.82, 2.24) is 0 Å². The summed E-state index contributed by atoms with van der Waals surface area (Å²) in [6, 6.07) is 13.6. The fraction of sp³-hybridized carbons (Fsp3) is 0.250. The molecule has 2 aromatic carbocycles. The first-order valence-electron chi connectivity index (χ1n) is 6.08. The second-order valence-electron chi connectivity index (χ2n) is 4.97. The average molecular weight is 321 g/mol. The summed E-state index contributed by atoms with van der Waals surface area (Å²) in [5.41, 5.74) is 5.34. The lowest BCUT2D eigenvalue weighted by molar-refractivity contribution is 1.40. The summed E-state index contributed by atoms with van der Waals surface area (Å²) in [5.74, 6) is 0. The van der Waals surface area contributed by atoms with E-state index in [9.17, 15) is 0 Å². The van der Waals surface area contributed by atoms with E-state index in [0.29, 0.717) is 0 Å². The summed E-state index contributed by atoms with van der Waals surface area (Å²) in [5, 5.41) is 2.79. The predicted octanol–water partition coefficient (Wildman–Crippen LogP) is 4.66. The topological polar surface area (TPSA) is 0 Å². The van der Waals surface area contributed by atoms with Crippen LogP contribution in [0.2, 0.25) is 0 Å². The zero-order valence-corrected chi connectivity index (χ0v) is 13.8. The highest BCUT2D eigenvalue weighted by molar-refractivity contribution is 9.40. The zero-order valence-electron chi connectivity index (χ0n) is 11.3. The Morgan fingerprint density at radius 3 is 1.17 bits per heavy atom. The fourth-order valence-electron chi connectivity index (χ4n) is 2.28. The van der Waals surface area contributed by atoms with Crippen LogP contribution in [0, 0.1) is 27.7 Å². The molecule has 2 heteroatoms. The first kappa shape index (κ1) is 13.8. The minimum absolute atomic E-state index is 0.423. The van der Waals surface area contributed by atoms with E-state index < -0.39 is 6.62 Å². The van der Waals surface area contributed by atoms with Crippen LogP contribution in [0.1, 0.15) is 22.3 Å². The highest BCUT2D eigenvalue weighted by atomic mass is 79.9. The van der Waals surface area contributed by atoms with Gasteiger partial charge in [0.25, 0.3) is 0 Å². The van der Waals surface area contributed by atoms with E-state index >= 15 is 0 Å². The van der Waals surface area contributed by atoms with Gasteiger partial charge in [-0.2, -0.15) is 0 Å². The van der Waals surface area contributed by atoms with Crippen molar-refractivity contribution < 1.29 is 0 Å². The summed E-state index contributed by atoms with van der Waals surface area (Å²) in [4.78, 5) is 0. The van der Waals surface area contributed by atoms with Crippen molar-refractivity contribution in [1.29, 1.82) is 0 Å². The SMILES string of the molecule is Cc1cc(C)cc(P(Br)c2cc(C)cc(C)c2)c1.